The van der Waals surface area contributed by atoms with E-state index in [2.05, 4.69) is 34.9 Å². The van der Waals surface area contributed by atoms with Crippen LogP contribution in [0.15, 0.2) is 48.5 Å². The molecule has 0 radical (unpaired) electrons. The van der Waals surface area contributed by atoms with Gasteiger partial charge in [-0.15, -0.1) is 0 Å². The Morgan fingerprint density at radius 2 is 1.58 bits per heavy atom. The predicted molar refractivity (Wildman–Crippen MR) is 117 cm³/mol. The number of alkyl carbamates (subject to hydrolysis) is 1. The van der Waals surface area contributed by atoms with Gasteiger partial charge in [-0.3, -0.25) is 9.59 Å². The van der Waals surface area contributed by atoms with Crippen LogP contribution in [0.4, 0.5) is 4.79 Å². The minimum atomic E-state index is -0.961. The fraction of sp³-hybridized carbons (Fsp3) is 0.375. The molecule has 2 aromatic carbocycles. The van der Waals surface area contributed by atoms with Crippen molar-refractivity contribution in [1.82, 2.24) is 10.6 Å². The van der Waals surface area contributed by atoms with E-state index in [1.807, 2.05) is 24.3 Å². The van der Waals surface area contributed by atoms with Gasteiger partial charge in [0.2, 0.25) is 5.91 Å². The Morgan fingerprint density at radius 1 is 1.00 bits per heavy atom. The number of hydrogen-bond acceptors (Lipinski definition) is 4. The monoisotopic (exact) mass is 424 g/mol. The van der Waals surface area contributed by atoms with Crippen molar-refractivity contribution >= 4 is 18.0 Å². The summed E-state index contributed by atoms with van der Waals surface area (Å²) >= 11 is 0. The maximum atomic E-state index is 12.2. The molecule has 0 saturated heterocycles. The highest BCUT2D eigenvalue weighted by Gasteiger charge is 2.29. The first-order chi connectivity index (χ1) is 14.9. The topological polar surface area (TPSA) is 105 Å². The molecule has 0 aromatic heterocycles. The summed E-state index contributed by atoms with van der Waals surface area (Å²) in [5.41, 5.74) is 4.64. The molecule has 0 spiro atoms. The van der Waals surface area contributed by atoms with Crippen molar-refractivity contribution in [3.8, 4) is 11.1 Å². The van der Waals surface area contributed by atoms with Crippen LogP contribution >= 0.6 is 0 Å². The highest BCUT2D eigenvalue weighted by Crippen LogP contribution is 2.44. The van der Waals surface area contributed by atoms with Crippen LogP contribution in [0.2, 0.25) is 0 Å². The summed E-state index contributed by atoms with van der Waals surface area (Å²) in [7, 11) is 0. The quantitative estimate of drug-likeness (QED) is 0.571. The molecule has 2 unspecified atom stereocenters. The fourth-order valence-corrected chi connectivity index (χ4v) is 3.87. The van der Waals surface area contributed by atoms with Crippen LogP contribution in [0.25, 0.3) is 11.1 Å². The van der Waals surface area contributed by atoms with E-state index in [9.17, 15) is 14.4 Å². The van der Waals surface area contributed by atoms with Crippen molar-refractivity contribution in [3.63, 3.8) is 0 Å². The van der Waals surface area contributed by atoms with Gasteiger partial charge in [0.05, 0.1) is 6.42 Å². The Balaban J connectivity index is 1.45. The van der Waals surface area contributed by atoms with E-state index in [4.69, 9.17) is 9.84 Å². The van der Waals surface area contributed by atoms with Gasteiger partial charge < -0.3 is 20.5 Å². The zero-order valence-corrected chi connectivity index (χ0v) is 17.8. The molecule has 1 aliphatic carbocycles. The van der Waals surface area contributed by atoms with Crippen LogP contribution in [-0.2, 0) is 14.3 Å². The average Bonchev–Trinajstić information content (AvgIpc) is 3.05. The number of carboxylic acids is 1. The van der Waals surface area contributed by atoms with E-state index in [1.165, 1.54) is 11.1 Å². The molecule has 0 fully saturated rings. The molecule has 31 heavy (non-hydrogen) atoms. The van der Waals surface area contributed by atoms with Gasteiger partial charge >= 0.3 is 12.1 Å². The van der Waals surface area contributed by atoms with Gasteiger partial charge in [0.15, 0.2) is 0 Å². The summed E-state index contributed by atoms with van der Waals surface area (Å²) in [6, 6.07) is 15.8. The van der Waals surface area contributed by atoms with Gasteiger partial charge in [0.1, 0.15) is 6.61 Å². The van der Waals surface area contributed by atoms with Crippen LogP contribution in [-0.4, -0.2) is 42.3 Å². The molecule has 1 aliphatic rings. The molecule has 3 N–H and O–H groups in total. The third kappa shape index (κ3) is 5.63. The van der Waals surface area contributed by atoms with Crippen LogP contribution in [0.3, 0.4) is 0 Å². The second-order valence-electron chi connectivity index (χ2n) is 7.95. The lowest BCUT2D eigenvalue weighted by atomic mass is 9.98. The minimum Gasteiger partial charge on any atom is -0.481 e. The number of nitrogens with one attached hydrogen (secondary N) is 2. The number of aliphatic carboxylic acids is 1. The van der Waals surface area contributed by atoms with E-state index in [0.29, 0.717) is 13.0 Å². The molecule has 2 atom stereocenters. The number of fused-ring (bicyclic) bond motifs is 3. The third-order valence-electron chi connectivity index (χ3n) is 5.51. The highest BCUT2D eigenvalue weighted by molar-refractivity contribution is 5.80. The third-order valence-corrected chi connectivity index (χ3v) is 5.51. The Labute approximate surface area is 181 Å². The Morgan fingerprint density at radius 3 is 2.16 bits per heavy atom. The number of carboxylic acid groups (broad SMARTS) is 1. The van der Waals surface area contributed by atoms with Crippen LogP contribution in [0.1, 0.15) is 43.7 Å². The van der Waals surface area contributed by atoms with Gasteiger partial charge in [-0.25, -0.2) is 4.79 Å². The smallest absolute Gasteiger partial charge is 0.407 e. The fourth-order valence-electron chi connectivity index (χ4n) is 3.87. The van der Waals surface area contributed by atoms with Crippen LogP contribution in [0, 0.1) is 5.92 Å². The summed E-state index contributed by atoms with van der Waals surface area (Å²) in [4.78, 5) is 35.0. The number of amides is 2. The number of carbonyl (C=O) groups is 3. The first-order valence-corrected chi connectivity index (χ1v) is 10.5. The van der Waals surface area contributed by atoms with E-state index < -0.39 is 18.1 Å². The van der Waals surface area contributed by atoms with Crippen LogP contribution < -0.4 is 10.6 Å². The molecule has 7 heteroatoms. The maximum Gasteiger partial charge on any atom is 0.407 e. The van der Waals surface area contributed by atoms with Crippen molar-refractivity contribution in [1.29, 1.82) is 0 Å². The Kier molecular flexibility index (Phi) is 7.28. The van der Waals surface area contributed by atoms with Crippen molar-refractivity contribution in [2.24, 2.45) is 5.92 Å². The Bertz CT molecular complexity index is 913. The first-order valence-electron chi connectivity index (χ1n) is 10.5. The molecular weight excluding hydrogens is 396 g/mol. The lowest BCUT2D eigenvalue weighted by Gasteiger charge is -2.17. The van der Waals surface area contributed by atoms with Gasteiger partial charge in [-0.05, 0) is 35.6 Å². The molecule has 0 heterocycles. The molecular formula is C24H28N2O5. The number of benzene rings is 2. The van der Waals surface area contributed by atoms with Crippen molar-refractivity contribution in [3.05, 3.63) is 59.7 Å². The molecule has 0 bridgehead atoms. The maximum absolute atomic E-state index is 12.2. The lowest BCUT2D eigenvalue weighted by Crippen LogP contribution is -2.38. The summed E-state index contributed by atoms with van der Waals surface area (Å²) < 4.78 is 5.47. The van der Waals surface area contributed by atoms with E-state index >= 15 is 0 Å². The van der Waals surface area contributed by atoms with Gasteiger partial charge in [-0.2, -0.15) is 0 Å². The molecule has 164 valence electrons. The van der Waals surface area contributed by atoms with Gasteiger partial charge in [0, 0.05) is 24.4 Å². The largest absolute Gasteiger partial charge is 0.481 e. The number of carbonyl (C=O) groups excluding carboxylic acids is 2. The summed E-state index contributed by atoms with van der Waals surface area (Å²) in [5.74, 6) is -1.55. The summed E-state index contributed by atoms with van der Waals surface area (Å²) in [6.45, 7) is 3.91. The molecule has 2 aromatic rings. The summed E-state index contributed by atoms with van der Waals surface area (Å²) in [6.07, 6.45) is -0.222. The van der Waals surface area contributed by atoms with Crippen LogP contribution in [0.5, 0.6) is 0 Å². The number of rotatable bonds is 9. The Hall–Kier alpha value is -3.35. The highest BCUT2D eigenvalue weighted by atomic mass is 16.5. The van der Waals surface area contributed by atoms with E-state index in [-0.39, 0.29) is 30.8 Å². The molecule has 3 rings (SSSR count). The van der Waals surface area contributed by atoms with Crippen molar-refractivity contribution in [2.45, 2.75) is 38.6 Å². The van der Waals surface area contributed by atoms with Gasteiger partial charge in [-0.1, -0.05) is 55.5 Å². The van der Waals surface area contributed by atoms with E-state index in [0.717, 1.165) is 11.1 Å². The molecule has 0 aliphatic heterocycles. The summed E-state index contributed by atoms with van der Waals surface area (Å²) in [5, 5.41) is 14.1. The normalized spacial score (nSPS) is 14.1. The predicted octanol–water partition coefficient (Wildman–Crippen LogP) is 3.53. The number of ether oxygens (including phenoxy) is 1. The average molecular weight is 424 g/mol. The zero-order chi connectivity index (χ0) is 22.4. The zero-order valence-electron chi connectivity index (χ0n) is 17.8. The molecule has 0 saturated carbocycles. The van der Waals surface area contributed by atoms with Gasteiger partial charge in [0.25, 0.3) is 0 Å². The second-order valence-corrected chi connectivity index (χ2v) is 7.95. The molecule has 7 nitrogen and oxygen atoms in total. The SMILES string of the molecule is CC(CC(=O)O)NC(=O)C(C)CCNC(=O)OCC1c2ccccc2-c2ccccc21. The standard InChI is InChI=1S/C24H28N2O5/c1-15(23(29)26-16(2)13-22(27)28)11-12-25-24(30)31-14-21-19-9-5-3-7-17(19)18-8-4-6-10-20(18)21/h3-10,15-16,21H,11-14H2,1-2H3,(H,25,30)(H,26,29)(H,27,28). The van der Waals surface area contributed by atoms with E-state index in [1.54, 1.807) is 13.8 Å². The number of hydrogen-bond donors (Lipinski definition) is 3. The second kappa shape index (κ2) is 10.1. The minimum absolute atomic E-state index is 0.00132. The van der Waals surface area contributed by atoms with Crippen molar-refractivity contribution in [2.75, 3.05) is 13.2 Å². The first kappa shape index (κ1) is 22.3. The van der Waals surface area contributed by atoms with Crippen molar-refractivity contribution < 1.29 is 24.2 Å². The lowest BCUT2D eigenvalue weighted by molar-refractivity contribution is -0.137. The molecule has 2 amide bonds.